The van der Waals surface area contributed by atoms with Crippen molar-refractivity contribution in [2.24, 2.45) is 5.92 Å². The van der Waals surface area contributed by atoms with Crippen LogP contribution in [0.25, 0.3) is 0 Å². The molecule has 0 aromatic carbocycles. The van der Waals surface area contributed by atoms with Crippen LogP contribution in [-0.2, 0) is 4.79 Å². The van der Waals surface area contributed by atoms with E-state index in [1.165, 1.54) is 0 Å². The Kier molecular flexibility index (Phi) is 3.62. The molecule has 0 fully saturated rings. The van der Waals surface area contributed by atoms with Gasteiger partial charge in [-0.3, -0.25) is 4.79 Å². The van der Waals surface area contributed by atoms with Gasteiger partial charge in [-0.2, -0.15) is 0 Å². The van der Waals surface area contributed by atoms with Crippen LogP contribution in [0.3, 0.4) is 0 Å². The van der Waals surface area contributed by atoms with Gasteiger partial charge in [0.05, 0.1) is 0 Å². The molecule has 0 rings (SSSR count). The predicted octanol–water partition coefficient (Wildman–Crippen LogP) is 1.72. The fraction of sp³-hybridized carbons (Fsp3) is 0.833. The molecular formula is C6H11ClO2. The molecule has 1 N–H and O–H groups in total. The molecule has 0 saturated heterocycles. The first kappa shape index (κ1) is 8.76. The fourth-order valence-electron chi connectivity index (χ4n) is 0.450. The molecule has 2 atom stereocenters. The molecule has 0 heterocycles. The highest BCUT2D eigenvalue weighted by atomic mass is 35.5. The number of carboxylic acid groups (broad SMARTS) is 1. The average Bonchev–Trinajstić information content (AvgIpc) is 1.84. The third kappa shape index (κ3) is 2.70. The van der Waals surface area contributed by atoms with Crippen LogP contribution in [0.4, 0.5) is 0 Å². The van der Waals surface area contributed by atoms with E-state index >= 15 is 0 Å². The first-order valence-corrected chi connectivity index (χ1v) is 3.40. The van der Waals surface area contributed by atoms with Crippen LogP contribution in [0.15, 0.2) is 0 Å². The number of hydrogen-bond acceptors (Lipinski definition) is 1. The fourth-order valence-corrected chi connectivity index (χ4v) is 0.629. The molecule has 0 saturated carbocycles. The lowest BCUT2D eigenvalue weighted by atomic mass is 10.1. The van der Waals surface area contributed by atoms with Gasteiger partial charge in [-0.15, -0.1) is 11.6 Å². The van der Waals surface area contributed by atoms with Gasteiger partial charge in [0.15, 0.2) is 0 Å². The quantitative estimate of drug-likeness (QED) is 0.623. The summed E-state index contributed by atoms with van der Waals surface area (Å²) in [6.07, 6.45) is 0.806. The smallest absolute Gasteiger partial charge is 0.321 e. The van der Waals surface area contributed by atoms with Gasteiger partial charge in [0.2, 0.25) is 0 Å². The first-order valence-electron chi connectivity index (χ1n) is 2.96. The van der Waals surface area contributed by atoms with Crippen LogP contribution in [0.1, 0.15) is 20.3 Å². The largest absolute Gasteiger partial charge is 0.480 e. The second-order valence-corrected chi connectivity index (χ2v) is 2.60. The van der Waals surface area contributed by atoms with Crippen LogP contribution in [0, 0.1) is 5.92 Å². The minimum absolute atomic E-state index is 0.0594. The Labute approximate surface area is 59.8 Å². The van der Waals surface area contributed by atoms with Crippen molar-refractivity contribution in [3.05, 3.63) is 0 Å². The number of halogens is 1. The predicted molar refractivity (Wildman–Crippen MR) is 36.7 cm³/mol. The van der Waals surface area contributed by atoms with Crippen LogP contribution >= 0.6 is 11.6 Å². The van der Waals surface area contributed by atoms with E-state index in [2.05, 4.69) is 0 Å². The number of hydrogen-bond donors (Lipinski definition) is 1. The third-order valence-electron chi connectivity index (χ3n) is 1.38. The third-order valence-corrected chi connectivity index (χ3v) is 2.00. The highest BCUT2D eigenvalue weighted by molar-refractivity contribution is 6.29. The summed E-state index contributed by atoms with van der Waals surface area (Å²) in [5.74, 6) is -0.866. The number of carbonyl (C=O) groups is 1. The number of alkyl halides is 1. The standard InChI is InChI=1S/C6H11ClO2/c1-3-4(2)5(7)6(8)9/h4-5H,3H2,1-2H3,(H,8,9)/t4-,5+/m0/s1. The molecule has 0 unspecified atom stereocenters. The molecule has 0 spiro atoms. The lowest BCUT2D eigenvalue weighted by Crippen LogP contribution is -2.20. The summed E-state index contributed by atoms with van der Waals surface area (Å²) < 4.78 is 0. The van der Waals surface area contributed by atoms with Crippen LogP contribution in [0.5, 0.6) is 0 Å². The number of carboxylic acids is 1. The maximum absolute atomic E-state index is 10.2. The SMILES string of the molecule is CC[C@H](C)[C@@H](Cl)C(=O)O. The topological polar surface area (TPSA) is 37.3 Å². The molecule has 0 aromatic heterocycles. The van der Waals surface area contributed by atoms with Crippen molar-refractivity contribution < 1.29 is 9.90 Å². The number of rotatable bonds is 3. The monoisotopic (exact) mass is 150 g/mol. The number of aliphatic carboxylic acids is 1. The summed E-state index contributed by atoms with van der Waals surface area (Å²) in [4.78, 5) is 10.2. The highest BCUT2D eigenvalue weighted by Crippen LogP contribution is 2.13. The van der Waals surface area contributed by atoms with E-state index in [9.17, 15) is 4.79 Å². The highest BCUT2D eigenvalue weighted by Gasteiger charge is 2.19. The van der Waals surface area contributed by atoms with E-state index < -0.39 is 11.3 Å². The van der Waals surface area contributed by atoms with Crippen molar-refractivity contribution in [1.29, 1.82) is 0 Å². The molecule has 0 radical (unpaired) electrons. The minimum Gasteiger partial charge on any atom is -0.480 e. The summed E-state index contributed by atoms with van der Waals surface area (Å²) in [5, 5.41) is 7.62. The Morgan fingerprint density at radius 3 is 2.33 bits per heavy atom. The second-order valence-electron chi connectivity index (χ2n) is 2.13. The van der Waals surface area contributed by atoms with Crippen LogP contribution < -0.4 is 0 Å². The van der Waals surface area contributed by atoms with E-state index in [1.54, 1.807) is 0 Å². The Balaban J connectivity index is 3.72. The van der Waals surface area contributed by atoms with Crippen molar-refractivity contribution in [3.63, 3.8) is 0 Å². The van der Waals surface area contributed by atoms with Gasteiger partial charge in [-0.25, -0.2) is 0 Å². The van der Waals surface area contributed by atoms with Gasteiger partial charge in [0, 0.05) is 0 Å². The van der Waals surface area contributed by atoms with E-state index in [1.807, 2.05) is 13.8 Å². The molecule has 3 heteroatoms. The Hall–Kier alpha value is -0.240. The summed E-state index contributed by atoms with van der Waals surface area (Å²) in [7, 11) is 0. The molecule has 0 aliphatic heterocycles. The van der Waals surface area contributed by atoms with Gasteiger partial charge >= 0.3 is 5.97 Å². The Morgan fingerprint density at radius 1 is 1.78 bits per heavy atom. The average molecular weight is 151 g/mol. The molecule has 2 nitrogen and oxygen atoms in total. The van der Waals surface area contributed by atoms with E-state index in [0.29, 0.717) is 0 Å². The van der Waals surface area contributed by atoms with Crippen molar-refractivity contribution in [3.8, 4) is 0 Å². The second kappa shape index (κ2) is 3.72. The maximum atomic E-state index is 10.2. The summed E-state index contributed by atoms with van der Waals surface area (Å²) in [6.45, 7) is 3.74. The van der Waals surface area contributed by atoms with E-state index in [0.717, 1.165) is 6.42 Å². The van der Waals surface area contributed by atoms with E-state index in [-0.39, 0.29) is 5.92 Å². The van der Waals surface area contributed by atoms with Gasteiger partial charge < -0.3 is 5.11 Å². The van der Waals surface area contributed by atoms with Crippen LogP contribution in [0.2, 0.25) is 0 Å². The molecule has 54 valence electrons. The van der Waals surface area contributed by atoms with Crippen molar-refractivity contribution >= 4 is 17.6 Å². The zero-order valence-corrected chi connectivity index (χ0v) is 6.35. The molecular weight excluding hydrogens is 140 g/mol. The molecule has 0 bridgehead atoms. The zero-order chi connectivity index (χ0) is 7.44. The van der Waals surface area contributed by atoms with E-state index in [4.69, 9.17) is 16.7 Å². The molecule has 0 aliphatic carbocycles. The summed E-state index contributed by atoms with van der Waals surface area (Å²) in [6, 6.07) is 0. The summed E-state index contributed by atoms with van der Waals surface area (Å²) >= 11 is 5.47. The van der Waals surface area contributed by atoms with Crippen LogP contribution in [-0.4, -0.2) is 16.5 Å². The Morgan fingerprint density at radius 2 is 2.22 bits per heavy atom. The molecule has 0 aliphatic rings. The lowest BCUT2D eigenvalue weighted by molar-refractivity contribution is -0.137. The molecule has 0 aromatic rings. The van der Waals surface area contributed by atoms with Crippen molar-refractivity contribution in [2.75, 3.05) is 0 Å². The zero-order valence-electron chi connectivity index (χ0n) is 5.60. The molecule has 0 amide bonds. The minimum atomic E-state index is -0.925. The van der Waals surface area contributed by atoms with Gasteiger partial charge in [-0.05, 0) is 5.92 Å². The summed E-state index contributed by atoms with van der Waals surface area (Å²) in [5.41, 5.74) is 0. The van der Waals surface area contributed by atoms with Gasteiger partial charge in [0.25, 0.3) is 0 Å². The van der Waals surface area contributed by atoms with Gasteiger partial charge in [0.1, 0.15) is 5.38 Å². The maximum Gasteiger partial charge on any atom is 0.321 e. The molecule has 9 heavy (non-hydrogen) atoms. The first-order chi connectivity index (χ1) is 4.09. The van der Waals surface area contributed by atoms with Crippen molar-refractivity contribution in [1.82, 2.24) is 0 Å². The lowest BCUT2D eigenvalue weighted by Gasteiger charge is -2.09. The Bertz CT molecular complexity index is 103. The normalized spacial score (nSPS) is 16.8. The van der Waals surface area contributed by atoms with Gasteiger partial charge in [-0.1, -0.05) is 20.3 Å². The van der Waals surface area contributed by atoms with Crippen molar-refractivity contribution in [2.45, 2.75) is 25.6 Å².